The molecular formula is C22H23NO4S. The summed E-state index contributed by atoms with van der Waals surface area (Å²) in [7, 11) is -0.705. The number of rotatable bonds is 7. The van der Waals surface area contributed by atoms with Gasteiger partial charge in [0.1, 0.15) is 0 Å². The number of hydrogen-bond donors (Lipinski definition) is 0. The smallest absolute Gasteiger partial charge is 0.264 e. The Morgan fingerprint density at radius 1 is 0.821 bits per heavy atom. The van der Waals surface area contributed by atoms with E-state index in [-0.39, 0.29) is 11.4 Å². The van der Waals surface area contributed by atoms with Crippen LogP contribution >= 0.6 is 0 Å². The molecule has 146 valence electrons. The lowest BCUT2D eigenvalue weighted by molar-refractivity contribution is 0.355. The van der Waals surface area contributed by atoms with Gasteiger partial charge in [-0.25, -0.2) is 8.42 Å². The van der Waals surface area contributed by atoms with Crippen LogP contribution < -0.4 is 13.8 Å². The van der Waals surface area contributed by atoms with E-state index in [2.05, 4.69) is 0 Å². The molecule has 0 aliphatic heterocycles. The summed E-state index contributed by atoms with van der Waals surface area (Å²) in [4.78, 5) is 0.235. The standard InChI is InChI=1S/C22H23NO4S/c1-17-9-7-8-10-18(17)16-23(28(24,25)20-11-5-4-6-12-20)19-13-14-21(26-2)22(15-19)27-3/h4-15H,16H2,1-3H3. The highest BCUT2D eigenvalue weighted by molar-refractivity contribution is 7.92. The molecule has 3 aromatic rings. The summed E-state index contributed by atoms with van der Waals surface area (Å²) in [6.45, 7) is 2.18. The number of ether oxygens (including phenoxy) is 2. The first-order valence-corrected chi connectivity index (χ1v) is 10.3. The fraction of sp³-hybridized carbons (Fsp3) is 0.182. The SMILES string of the molecule is COc1ccc(N(Cc2ccccc2C)S(=O)(=O)c2ccccc2)cc1OC. The maximum absolute atomic E-state index is 13.5. The van der Waals surface area contributed by atoms with Crippen molar-refractivity contribution in [1.82, 2.24) is 0 Å². The van der Waals surface area contributed by atoms with Gasteiger partial charge in [0.05, 0.1) is 31.3 Å². The minimum absolute atomic E-state index is 0.208. The minimum atomic E-state index is -3.78. The van der Waals surface area contributed by atoms with E-state index in [1.807, 2.05) is 31.2 Å². The monoisotopic (exact) mass is 397 g/mol. The van der Waals surface area contributed by atoms with Gasteiger partial charge in [-0.05, 0) is 42.3 Å². The average Bonchev–Trinajstić information content (AvgIpc) is 2.73. The second kappa shape index (κ2) is 8.35. The topological polar surface area (TPSA) is 55.8 Å². The van der Waals surface area contributed by atoms with Crippen molar-refractivity contribution in [1.29, 1.82) is 0 Å². The molecule has 0 radical (unpaired) electrons. The summed E-state index contributed by atoms with van der Waals surface area (Å²) in [5, 5.41) is 0. The molecule has 28 heavy (non-hydrogen) atoms. The van der Waals surface area contributed by atoms with Crippen LogP contribution in [0.3, 0.4) is 0 Å². The number of benzene rings is 3. The summed E-state index contributed by atoms with van der Waals surface area (Å²) >= 11 is 0. The largest absolute Gasteiger partial charge is 0.493 e. The van der Waals surface area contributed by atoms with E-state index in [1.165, 1.54) is 11.4 Å². The molecule has 0 aliphatic carbocycles. The Kier molecular flexibility index (Phi) is 5.90. The maximum Gasteiger partial charge on any atom is 0.264 e. The summed E-state index contributed by atoms with van der Waals surface area (Å²) < 4.78 is 39.0. The van der Waals surface area contributed by atoms with Gasteiger partial charge in [0.15, 0.2) is 11.5 Å². The summed E-state index contributed by atoms with van der Waals surface area (Å²) in [6.07, 6.45) is 0. The lowest BCUT2D eigenvalue weighted by Gasteiger charge is -2.26. The van der Waals surface area contributed by atoms with E-state index >= 15 is 0 Å². The maximum atomic E-state index is 13.5. The van der Waals surface area contributed by atoms with Crippen molar-refractivity contribution in [2.45, 2.75) is 18.4 Å². The van der Waals surface area contributed by atoms with Crippen LogP contribution in [0.1, 0.15) is 11.1 Å². The third kappa shape index (κ3) is 3.97. The molecule has 0 heterocycles. The van der Waals surface area contributed by atoms with Crippen molar-refractivity contribution in [3.63, 3.8) is 0 Å². The van der Waals surface area contributed by atoms with Crippen molar-refractivity contribution in [3.05, 3.63) is 83.9 Å². The second-order valence-corrected chi connectivity index (χ2v) is 8.15. The van der Waals surface area contributed by atoms with Crippen LogP contribution in [0.2, 0.25) is 0 Å². The molecule has 0 saturated heterocycles. The van der Waals surface area contributed by atoms with Gasteiger partial charge in [0, 0.05) is 6.07 Å². The van der Waals surface area contributed by atoms with Crippen molar-refractivity contribution in [3.8, 4) is 11.5 Å². The quantitative estimate of drug-likeness (QED) is 0.593. The fourth-order valence-corrected chi connectivity index (χ4v) is 4.41. The Hall–Kier alpha value is -2.99. The van der Waals surface area contributed by atoms with Crippen LogP contribution in [0.5, 0.6) is 11.5 Å². The van der Waals surface area contributed by atoms with E-state index in [9.17, 15) is 8.42 Å². The number of methoxy groups -OCH3 is 2. The van der Waals surface area contributed by atoms with Crippen LogP contribution in [0.15, 0.2) is 77.7 Å². The highest BCUT2D eigenvalue weighted by Crippen LogP contribution is 2.34. The van der Waals surface area contributed by atoms with Gasteiger partial charge in [-0.2, -0.15) is 0 Å². The third-order valence-corrected chi connectivity index (χ3v) is 6.35. The Bertz CT molecular complexity index is 1050. The molecule has 0 spiro atoms. The van der Waals surface area contributed by atoms with Crippen LogP contribution in [-0.4, -0.2) is 22.6 Å². The number of aryl methyl sites for hydroxylation is 1. The summed E-state index contributed by atoms with van der Waals surface area (Å²) in [5.41, 5.74) is 2.46. The van der Waals surface area contributed by atoms with Gasteiger partial charge >= 0.3 is 0 Å². The van der Waals surface area contributed by atoms with Gasteiger partial charge < -0.3 is 9.47 Å². The van der Waals surface area contributed by atoms with E-state index in [0.717, 1.165) is 11.1 Å². The van der Waals surface area contributed by atoms with E-state index < -0.39 is 10.0 Å². The molecule has 0 aliphatic rings. The minimum Gasteiger partial charge on any atom is -0.493 e. The summed E-state index contributed by atoms with van der Waals surface area (Å²) in [6, 6.07) is 21.3. The highest BCUT2D eigenvalue weighted by Gasteiger charge is 2.26. The third-order valence-electron chi connectivity index (χ3n) is 4.56. The molecule has 0 atom stereocenters. The number of sulfonamides is 1. The zero-order valence-corrected chi connectivity index (χ0v) is 16.9. The molecule has 6 heteroatoms. The van der Waals surface area contributed by atoms with Gasteiger partial charge in [0.2, 0.25) is 0 Å². The first kappa shape index (κ1) is 19.8. The zero-order chi connectivity index (χ0) is 20.1. The van der Waals surface area contributed by atoms with Crippen LogP contribution in [0, 0.1) is 6.92 Å². The Morgan fingerprint density at radius 3 is 2.11 bits per heavy atom. The molecule has 0 aromatic heterocycles. The zero-order valence-electron chi connectivity index (χ0n) is 16.1. The van der Waals surface area contributed by atoms with Crippen molar-refractivity contribution in [2.24, 2.45) is 0 Å². The molecule has 3 aromatic carbocycles. The van der Waals surface area contributed by atoms with Crippen molar-refractivity contribution < 1.29 is 17.9 Å². The molecular weight excluding hydrogens is 374 g/mol. The molecule has 5 nitrogen and oxygen atoms in total. The van der Waals surface area contributed by atoms with Crippen LogP contribution in [-0.2, 0) is 16.6 Å². The lowest BCUT2D eigenvalue weighted by Crippen LogP contribution is -2.30. The van der Waals surface area contributed by atoms with Gasteiger partial charge in [-0.3, -0.25) is 4.31 Å². The van der Waals surface area contributed by atoms with E-state index in [4.69, 9.17) is 9.47 Å². The summed E-state index contributed by atoms with van der Waals surface area (Å²) in [5.74, 6) is 1.01. The molecule has 0 unspecified atom stereocenters. The Labute approximate surface area is 166 Å². The van der Waals surface area contributed by atoms with Crippen LogP contribution in [0.25, 0.3) is 0 Å². The van der Waals surface area contributed by atoms with Crippen LogP contribution in [0.4, 0.5) is 5.69 Å². The molecule has 0 fully saturated rings. The molecule has 0 N–H and O–H groups in total. The predicted molar refractivity (Wildman–Crippen MR) is 111 cm³/mol. The first-order chi connectivity index (χ1) is 13.5. The molecule has 0 saturated carbocycles. The predicted octanol–water partition coefficient (Wildman–Crippen LogP) is 4.41. The highest BCUT2D eigenvalue weighted by atomic mass is 32.2. The molecule has 3 rings (SSSR count). The van der Waals surface area contributed by atoms with Gasteiger partial charge in [-0.15, -0.1) is 0 Å². The normalized spacial score (nSPS) is 11.1. The fourth-order valence-electron chi connectivity index (χ4n) is 2.96. The van der Waals surface area contributed by atoms with Gasteiger partial charge in [0.25, 0.3) is 10.0 Å². The molecule has 0 bridgehead atoms. The lowest BCUT2D eigenvalue weighted by atomic mass is 10.1. The van der Waals surface area contributed by atoms with Gasteiger partial charge in [-0.1, -0.05) is 42.5 Å². The Balaban J connectivity index is 2.13. The Morgan fingerprint density at radius 2 is 1.46 bits per heavy atom. The average molecular weight is 397 g/mol. The van der Waals surface area contributed by atoms with E-state index in [0.29, 0.717) is 17.2 Å². The number of anilines is 1. The van der Waals surface area contributed by atoms with E-state index in [1.54, 1.807) is 55.6 Å². The van der Waals surface area contributed by atoms with Crippen molar-refractivity contribution in [2.75, 3.05) is 18.5 Å². The first-order valence-electron chi connectivity index (χ1n) is 8.81. The second-order valence-electron chi connectivity index (χ2n) is 6.29. The van der Waals surface area contributed by atoms with Crippen molar-refractivity contribution >= 4 is 15.7 Å². The molecule has 0 amide bonds. The number of nitrogens with zero attached hydrogens (tertiary/aromatic N) is 1. The number of hydrogen-bond acceptors (Lipinski definition) is 4.